The van der Waals surface area contributed by atoms with Gasteiger partial charge in [0.15, 0.2) is 0 Å². The van der Waals surface area contributed by atoms with Gasteiger partial charge >= 0.3 is 0 Å². The van der Waals surface area contributed by atoms with Gasteiger partial charge in [0.2, 0.25) is 26.0 Å². The molecule has 1 aliphatic heterocycles. The van der Waals surface area contributed by atoms with Crippen molar-refractivity contribution in [3.05, 3.63) is 90.5 Å². The van der Waals surface area contributed by atoms with Gasteiger partial charge in [0.25, 0.3) is 0 Å². The Morgan fingerprint density at radius 3 is 1.94 bits per heavy atom. The van der Waals surface area contributed by atoms with Crippen LogP contribution < -0.4 is 10.1 Å². The Hall–Kier alpha value is -3.25. The van der Waals surface area contributed by atoms with Gasteiger partial charge in [-0.3, -0.25) is 4.79 Å². The van der Waals surface area contributed by atoms with Gasteiger partial charge in [-0.2, -0.15) is 8.61 Å². The van der Waals surface area contributed by atoms with Gasteiger partial charge in [0, 0.05) is 26.2 Å². The molecule has 0 spiro atoms. The summed E-state index contributed by atoms with van der Waals surface area (Å²) < 4.78 is 60.7. The molecular formula is C25H27N3O6S2. The molecule has 0 radical (unpaired) electrons. The average molecular weight is 530 g/mol. The minimum Gasteiger partial charge on any atom is -0.497 e. The van der Waals surface area contributed by atoms with Crippen LogP contribution in [-0.4, -0.2) is 64.1 Å². The highest BCUT2D eigenvalue weighted by atomic mass is 32.2. The second-order valence-electron chi connectivity index (χ2n) is 8.19. The van der Waals surface area contributed by atoms with Crippen molar-refractivity contribution in [2.45, 2.75) is 22.4 Å². The number of amides is 1. The number of benzene rings is 3. The number of hydrogen-bond donors (Lipinski definition) is 1. The molecule has 1 atom stereocenters. The van der Waals surface area contributed by atoms with E-state index >= 15 is 0 Å². The van der Waals surface area contributed by atoms with E-state index in [0.717, 1.165) is 14.2 Å². The Labute approximate surface area is 211 Å². The Balaban J connectivity index is 1.61. The van der Waals surface area contributed by atoms with Gasteiger partial charge < -0.3 is 10.1 Å². The van der Waals surface area contributed by atoms with Crippen molar-refractivity contribution >= 4 is 26.0 Å². The Kier molecular flexibility index (Phi) is 7.74. The number of sulfonamides is 2. The molecule has 1 N–H and O–H groups in total. The summed E-state index contributed by atoms with van der Waals surface area (Å²) in [6.07, 6.45) is 0. The lowest BCUT2D eigenvalue weighted by Crippen LogP contribution is -2.61. The first-order valence-electron chi connectivity index (χ1n) is 11.3. The maximum absolute atomic E-state index is 13.4. The van der Waals surface area contributed by atoms with Crippen LogP contribution in [0, 0.1) is 0 Å². The molecular weight excluding hydrogens is 502 g/mol. The quantitative estimate of drug-likeness (QED) is 0.478. The summed E-state index contributed by atoms with van der Waals surface area (Å²) in [5.74, 6) is 0.0810. The molecule has 0 bridgehead atoms. The second kappa shape index (κ2) is 10.8. The number of nitrogens with one attached hydrogen (secondary N) is 1. The van der Waals surface area contributed by atoms with E-state index in [-0.39, 0.29) is 36.0 Å². The lowest BCUT2D eigenvalue weighted by Gasteiger charge is -2.39. The number of methoxy groups -OCH3 is 1. The first kappa shape index (κ1) is 25.8. The van der Waals surface area contributed by atoms with E-state index in [2.05, 4.69) is 5.32 Å². The number of ether oxygens (including phenoxy) is 1. The monoisotopic (exact) mass is 529 g/mol. The van der Waals surface area contributed by atoms with Crippen LogP contribution in [-0.2, 0) is 31.4 Å². The van der Waals surface area contributed by atoms with E-state index in [1.807, 2.05) is 0 Å². The lowest BCUT2D eigenvalue weighted by atomic mass is 10.2. The number of carbonyl (C=O) groups excluding carboxylic acids is 1. The first-order chi connectivity index (χ1) is 17.2. The standard InChI is InChI=1S/C25H27N3O6S2/c1-34-21-14-12-20(13-15-21)18-26-25(29)24-19-27(35(30,31)22-8-4-2-5-9-22)16-17-28(24)36(32,33)23-10-6-3-7-11-23/h2-15,24H,16-19H2,1H3,(H,26,29)/t24-/m1/s1. The Morgan fingerprint density at radius 2 is 1.39 bits per heavy atom. The second-order valence-corrected chi connectivity index (χ2v) is 12.0. The molecule has 9 nitrogen and oxygen atoms in total. The van der Waals surface area contributed by atoms with Crippen LogP contribution in [0.4, 0.5) is 0 Å². The van der Waals surface area contributed by atoms with Crippen molar-refractivity contribution in [1.82, 2.24) is 13.9 Å². The van der Waals surface area contributed by atoms with E-state index in [1.165, 1.54) is 24.3 Å². The predicted octanol–water partition coefficient (Wildman–Crippen LogP) is 2.08. The van der Waals surface area contributed by atoms with Crippen molar-refractivity contribution in [1.29, 1.82) is 0 Å². The number of nitrogens with zero attached hydrogens (tertiary/aromatic N) is 2. The molecule has 3 aromatic rings. The number of carbonyl (C=O) groups is 1. The first-order valence-corrected chi connectivity index (χ1v) is 14.1. The molecule has 0 aromatic heterocycles. The molecule has 1 aliphatic rings. The van der Waals surface area contributed by atoms with Crippen LogP contribution in [0.15, 0.2) is 94.7 Å². The van der Waals surface area contributed by atoms with Crippen LogP contribution in [0.1, 0.15) is 5.56 Å². The zero-order valence-corrected chi connectivity index (χ0v) is 21.3. The zero-order chi connectivity index (χ0) is 25.8. The molecule has 4 rings (SSSR count). The van der Waals surface area contributed by atoms with Gasteiger partial charge in [-0.25, -0.2) is 16.8 Å². The molecule has 0 aliphatic carbocycles. The molecule has 190 valence electrons. The van der Waals surface area contributed by atoms with Crippen molar-refractivity contribution < 1.29 is 26.4 Å². The van der Waals surface area contributed by atoms with Crippen LogP contribution in [0.3, 0.4) is 0 Å². The van der Waals surface area contributed by atoms with E-state index in [1.54, 1.807) is 67.8 Å². The largest absolute Gasteiger partial charge is 0.497 e. The van der Waals surface area contributed by atoms with Crippen molar-refractivity contribution in [3.63, 3.8) is 0 Å². The van der Waals surface area contributed by atoms with Crippen LogP contribution in [0.5, 0.6) is 5.75 Å². The van der Waals surface area contributed by atoms with Crippen LogP contribution in [0.25, 0.3) is 0 Å². The van der Waals surface area contributed by atoms with E-state index < -0.39 is 32.0 Å². The van der Waals surface area contributed by atoms with Gasteiger partial charge in [-0.15, -0.1) is 0 Å². The van der Waals surface area contributed by atoms with Gasteiger partial charge in [-0.1, -0.05) is 48.5 Å². The summed E-state index contributed by atoms with van der Waals surface area (Å²) in [5, 5.41) is 2.76. The Bertz CT molecular complexity index is 1400. The summed E-state index contributed by atoms with van der Waals surface area (Å²) in [6.45, 7) is -0.406. The zero-order valence-electron chi connectivity index (χ0n) is 19.6. The highest BCUT2D eigenvalue weighted by Gasteiger charge is 2.43. The fraction of sp³-hybridized carbons (Fsp3) is 0.240. The third kappa shape index (κ3) is 5.44. The maximum atomic E-state index is 13.4. The maximum Gasteiger partial charge on any atom is 0.243 e. The summed E-state index contributed by atoms with van der Waals surface area (Å²) >= 11 is 0. The highest BCUT2D eigenvalue weighted by molar-refractivity contribution is 7.89. The number of rotatable bonds is 8. The van der Waals surface area contributed by atoms with E-state index in [4.69, 9.17) is 4.74 Å². The smallest absolute Gasteiger partial charge is 0.243 e. The minimum atomic E-state index is -4.05. The number of hydrogen-bond acceptors (Lipinski definition) is 6. The van der Waals surface area contributed by atoms with Crippen molar-refractivity contribution in [2.75, 3.05) is 26.7 Å². The third-order valence-electron chi connectivity index (χ3n) is 5.95. The summed E-state index contributed by atoms with van der Waals surface area (Å²) in [6, 6.07) is 21.5. The highest BCUT2D eigenvalue weighted by Crippen LogP contribution is 2.25. The summed E-state index contributed by atoms with van der Waals surface area (Å²) in [5.41, 5.74) is 0.784. The summed E-state index contributed by atoms with van der Waals surface area (Å²) in [7, 11) is -6.41. The van der Waals surface area contributed by atoms with Gasteiger partial charge in [0.1, 0.15) is 11.8 Å². The predicted molar refractivity (Wildman–Crippen MR) is 134 cm³/mol. The van der Waals surface area contributed by atoms with Crippen LogP contribution >= 0.6 is 0 Å². The topological polar surface area (TPSA) is 113 Å². The molecule has 1 fully saturated rings. The summed E-state index contributed by atoms with van der Waals surface area (Å²) in [4.78, 5) is 13.5. The average Bonchev–Trinajstić information content (AvgIpc) is 2.92. The molecule has 0 unspecified atom stereocenters. The molecule has 3 aromatic carbocycles. The molecule has 1 amide bonds. The molecule has 36 heavy (non-hydrogen) atoms. The van der Waals surface area contributed by atoms with E-state index in [9.17, 15) is 21.6 Å². The fourth-order valence-electron chi connectivity index (χ4n) is 3.98. The number of piperazine rings is 1. The normalized spacial score (nSPS) is 17.4. The van der Waals surface area contributed by atoms with Crippen LogP contribution in [0.2, 0.25) is 0 Å². The molecule has 11 heteroatoms. The lowest BCUT2D eigenvalue weighted by molar-refractivity contribution is -0.126. The molecule has 0 saturated carbocycles. The van der Waals surface area contributed by atoms with Crippen molar-refractivity contribution in [3.8, 4) is 5.75 Å². The molecule has 1 heterocycles. The Morgan fingerprint density at radius 1 is 0.833 bits per heavy atom. The van der Waals surface area contributed by atoms with Gasteiger partial charge in [-0.05, 0) is 42.0 Å². The molecule has 1 saturated heterocycles. The van der Waals surface area contributed by atoms with Gasteiger partial charge in [0.05, 0.1) is 16.9 Å². The SMILES string of the molecule is COc1ccc(CNC(=O)[C@H]2CN(S(=O)(=O)c3ccccc3)CCN2S(=O)(=O)c2ccccc2)cc1. The fourth-order valence-corrected chi connectivity index (χ4v) is 7.03. The third-order valence-corrected chi connectivity index (χ3v) is 9.75. The van der Waals surface area contributed by atoms with E-state index in [0.29, 0.717) is 5.75 Å². The van der Waals surface area contributed by atoms with Crippen molar-refractivity contribution in [2.24, 2.45) is 0 Å². The minimum absolute atomic E-state index is 0.0392.